The van der Waals surface area contributed by atoms with E-state index in [0.29, 0.717) is 23.7 Å². The first-order valence-electron chi connectivity index (χ1n) is 14.9. The fourth-order valence-electron chi connectivity index (χ4n) is 11.6. The van der Waals surface area contributed by atoms with E-state index in [9.17, 15) is 14.7 Å². The summed E-state index contributed by atoms with van der Waals surface area (Å²) in [7, 11) is 0. The largest absolute Gasteiger partial charge is 0.505 e. The zero-order valence-corrected chi connectivity index (χ0v) is 24.2. The smallest absolute Gasteiger partial charge is 0.238 e. The molecule has 4 fully saturated rings. The zero-order valence-electron chi connectivity index (χ0n) is 24.2. The number of aliphatic hydroxyl groups is 1. The third-order valence-corrected chi connectivity index (χ3v) is 13.5. The van der Waals surface area contributed by atoms with Gasteiger partial charge in [-0.2, -0.15) is 0 Å². The Kier molecular flexibility index (Phi) is 5.45. The number of carbonyl (C=O) groups excluding carboxylic acids is 2. The molecule has 0 aliphatic heterocycles. The van der Waals surface area contributed by atoms with Crippen molar-refractivity contribution in [3.8, 4) is 0 Å². The lowest BCUT2D eigenvalue weighted by Gasteiger charge is -2.71. The Morgan fingerprint density at radius 2 is 1.74 bits per heavy atom. The van der Waals surface area contributed by atoms with Crippen molar-refractivity contribution < 1.29 is 14.7 Å². The Labute approximate surface area is 228 Å². The highest BCUT2D eigenvalue weighted by Crippen LogP contribution is 2.77. The number of hydrogen-bond donors (Lipinski definition) is 1. The van der Waals surface area contributed by atoms with Crippen LogP contribution in [0.2, 0.25) is 0 Å². The van der Waals surface area contributed by atoms with Crippen molar-refractivity contribution in [2.45, 2.75) is 92.9 Å². The molecular formula is C33H46N2O3. The summed E-state index contributed by atoms with van der Waals surface area (Å²) in [6, 6.07) is 0. The minimum Gasteiger partial charge on any atom is -0.505 e. The van der Waals surface area contributed by atoms with Crippen molar-refractivity contribution in [3.63, 3.8) is 0 Å². The Hall–Kier alpha value is -2.17. The van der Waals surface area contributed by atoms with E-state index < -0.39 is 5.41 Å². The van der Waals surface area contributed by atoms with Crippen LogP contribution in [0.25, 0.3) is 0 Å². The van der Waals surface area contributed by atoms with Crippen LogP contribution in [-0.4, -0.2) is 26.3 Å². The summed E-state index contributed by atoms with van der Waals surface area (Å²) < 4.78 is 1.74. The van der Waals surface area contributed by atoms with Gasteiger partial charge in [-0.05, 0) is 110 Å². The number of hydrogen-bond acceptors (Lipinski definition) is 4. The molecule has 0 saturated heterocycles. The number of aromatic nitrogens is 2. The zero-order chi connectivity index (χ0) is 27.5. The van der Waals surface area contributed by atoms with Gasteiger partial charge in [0.05, 0.1) is 5.41 Å². The van der Waals surface area contributed by atoms with E-state index in [4.69, 9.17) is 0 Å². The molecule has 0 bridgehead atoms. The number of carbonyl (C=O) groups is 2. The fraction of sp³-hybridized carbons (Fsp3) is 0.727. The summed E-state index contributed by atoms with van der Waals surface area (Å²) >= 11 is 0. The molecule has 1 N–H and O–H groups in total. The van der Waals surface area contributed by atoms with Crippen LogP contribution < -0.4 is 0 Å². The Bertz CT molecular complexity index is 1230. The van der Waals surface area contributed by atoms with Crippen molar-refractivity contribution in [1.82, 2.24) is 9.55 Å². The lowest BCUT2D eigenvalue weighted by atomic mass is 9.33. The number of nitrogens with zero attached hydrogens (tertiary/aromatic N) is 2. The second-order valence-electron chi connectivity index (χ2n) is 15.1. The molecule has 1 aromatic heterocycles. The summed E-state index contributed by atoms with van der Waals surface area (Å²) in [4.78, 5) is 31.4. The molecule has 0 radical (unpaired) electrons. The normalized spacial score (nSPS) is 47.3. The van der Waals surface area contributed by atoms with E-state index in [1.54, 1.807) is 17.1 Å². The standard InChI is InChI=1S/C33H46N2O3/c1-20(2)21-10-13-33(28(38)35-17-16-34-19-35)15-14-31(6)22(26(21)33)8-9-25-30(5)18-23(36)27(37)29(3,4)24(30)11-12-32(25,31)7/h16-19,21-22,24-26,36H,1,8-15H2,2-7H3/t21-,22?,24?,25?,26?,30-,31+,32+,33-/m0/s1. The highest BCUT2D eigenvalue weighted by molar-refractivity contribution is 5.98. The molecule has 5 nitrogen and oxygen atoms in total. The minimum absolute atomic E-state index is 0.0306. The number of rotatable bonds is 2. The van der Waals surface area contributed by atoms with Gasteiger partial charge in [-0.1, -0.05) is 46.8 Å². The van der Waals surface area contributed by atoms with Crippen molar-refractivity contribution in [1.29, 1.82) is 0 Å². The Balaban J connectivity index is 1.44. The summed E-state index contributed by atoms with van der Waals surface area (Å²) in [5.74, 6) is 1.85. The second kappa shape index (κ2) is 7.95. The van der Waals surface area contributed by atoms with Crippen LogP contribution in [0, 0.1) is 56.7 Å². The SMILES string of the molecule is C=C(C)[C@@H]1CC[C@]2(C(=O)n3ccnc3)CC[C@]3(C)C(CCC4[C@@]5(C)C=C(O)C(=O)C(C)(C)C5CC[C@]43C)C12. The van der Waals surface area contributed by atoms with E-state index in [1.165, 1.54) is 5.57 Å². The van der Waals surface area contributed by atoms with Gasteiger partial charge in [-0.25, -0.2) is 4.98 Å². The molecule has 38 heavy (non-hydrogen) atoms. The Morgan fingerprint density at radius 3 is 2.39 bits per heavy atom. The molecule has 9 atom stereocenters. The quantitative estimate of drug-likeness (QED) is 0.414. The van der Waals surface area contributed by atoms with Gasteiger partial charge in [0.25, 0.3) is 0 Å². The number of imidazole rings is 1. The first kappa shape index (κ1) is 26.1. The molecule has 6 rings (SSSR count). The van der Waals surface area contributed by atoms with Crippen molar-refractivity contribution >= 4 is 11.7 Å². The fourth-order valence-corrected chi connectivity index (χ4v) is 11.6. The lowest BCUT2D eigenvalue weighted by molar-refractivity contribution is -0.215. The van der Waals surface area contributed by atoms with E-state index in [-0.39, 0.29) is 45.0 Å². The van der Waals surface area contributed by atoms with Gasteiger partial charge >= 0.3 is 0 Å². The monoisotopic (exact) mass is 518 g/mol. The van der Waals surface area contributed by atoms with Gasteiger partial charge < -0.3 is 5.11 Å². The first-order valence-corrected chi connectivity index (χ1v) is 14.9. The molecular weight excluding hydrogens is 472 g/mol. The molecule has 0 amide bonds. The van der Waals surface area contributed by atoms with Gasteiger partial charge in [0, 0.05) is 17.8 Å². The average molecular weight is 519 g/mol. The summed E-state index contributed by atoms with van der Waals surface area (Å²) in [5, 5.41) is 10.8. The van der Waals surface area contributed by atoms with Crippen LogP contribution in [0.4, 0.5) is 0 Å². The highest BCUT2D eigenvalue weighted by atomic mass is 16.3. The van der Waals surface area contributed by atoms with E-state index in [1.807, 2.05) is 26.1 Å². The topological polar surface area (TPSA) is 72.2 Å². The number of aliphatic hydroxyl groups excluding tert-OH is 1. The van der Waals surface area contributed by atoms with Gasteiger partial charge in [0.1, 0.15) is 6.33 Å². The van der Waals surface area contributed by atoms with Crippen LogP contribution in [0.3, 0.4) is 0 Å². The minimum atomic E-state index is -0.553. The molecule has 206 valence electrons. The van der Waals surface area contributed by atoms with E-state index >= 15 is 0 Å². The Morgan fingerprint density at radius 1 is 1.00 bits per heavy atom. The third-order valence-electron chi connectivity index (χ3n) is 13.5. The summed E-state index contributed by atoms with van der Waals surface area (Å²) in [5.41, 5.74) is 0.259. The maximum absolute atomic E-state index is 14.2. The maximum atomic E-state index is 14.2. The molecule has 1 heterocycles. The number of allylic oxidation sites excluding steroid dienone is 3. The van der Waals surface area contributed by atoms with Gasteiger partial charge in [-0.15, -0.1) is 0 Å². The van der Waals surface area contributed by atoms with Gasteiger partial charge in [0.15, 0.2) is 5.76 Å². The predicted molar refractivity (Wildman–Crippen MR) is 148 cm³/mol. The van der Waals surface area contributed by atoms with Crippen LogP contribution in [0.1, 0.15) is 97.7 Å². The number of ketones is 1. The van der Waals surface area contributed by atoms with Crippen molar-refractivity contribution in [2.24, 2.45) is 56.7 Å². The highest BCUT2D eigenvalue weighted by Gasteiger charge is 2.72. The summed E-state index contributed by atoms with van der Waals surface area (Å²) in [6.45, 7) is 18.1. The number of Topliss-reactive ketones (excluding diaryl/α,β-unsaturated/α-hetero) is 1. The summed E-state index contributed by atoms with van der Waals surface area (Å²) in [6.07, 6.45) is 15.4. The van der Waals surface area contributed by atoms with Crippen LogP contribution >= 0.6 is 0 Å². The second-order valence-corrected chi connectivity index (χ2v) is 15.1. The third kappa shape index (κ3) is 2.97. The lowest BCUT2D eigenvalue weighted by Crippen LogP contribution is -2.66. The van der Waals surface area contributed by atoms with Crippen LogP contribution in [0.5, 0.6) is 0 Å². The van der Waals surface area contributed by atoms with Crippen LogP contribution in [-0.2, 0) is 4.79 Å². The maximum Gasteiger partial charge on any atom is 0.238 e. The van der Waals surface area contributed by atoms with E-state index in [2.05, 4.69) is 39.3 Å². The molecule has 5 aliphatic carbocycles. The van der Waals surface area contributed by atoms with Crippen LogP contribution in [0.15, 0.2) is 42.7 Å². The molecule has 5 heteroatoms. The average Bonchev–Trinajstić information content (AvgIpc) is 3.52. The van der Waals surface area contributed by atoms with Crippen molar-refractivity contribution in [2.75, 3.05) is 0 Å². The molecule has 0 spiro atoms. The van der Waals surface area contributed by atoms with Crippen molar-refractivity contribution in [3.05, 3.63) is 42.7 Å². The van der Waals surface area contributed by atoms with Gasteiger partial charge in [-0.3, -0.25) is 14.2 Å². The van der Waals surface area contributed by atoms with E-state index in [0.717, 1.165) is 51.4 Å². The molecule has 4 saturated carbocycles. The molecule has 0 aromatic carbocycles. The molecule has 1 aromatic rings. The first-order chi connectivity index (χ1) is 17.7. The number of fused-ring (bicyclic) bond motifs is 7. The predicted octanol–water partition coefficient (Wildman–Crippen LogP) is 7.41. The molecule has 5 aliphatic rings. The van der Waals surface area contributed by atoms with Gasteiger partial charge in [0.2, 0.25) is 11.7 Å². The molecule has 4 unspecified atom stereocenters.